The first-order valence-corrected chi connectivity index (χ1v) is 8.64. The van der Waals surface area contributed by atoms with Crippen LogP contribution in [0.2, 0.25) is 5.02 Å². The van der Waals surface area contributed by atoms with E-state index in [1.807, 2.05) is 13.8 Å². The van der Waals surface area contributed by atoms with Crippen LogP contribution in [0.5, 0.6) is 5.88 Å². The molecule has 1 amide bonds. The highest BCUT2D eigenvalue weighted by Crippen LogP contribution is 2.18. The lowest BCUT2D eigenvalue weighted by atomic mass is 10.2. The third-order valence-corrected chi connectivity index (χ3v) is 3.94. The van der Waals surface area contributed by atoms with Gasteiger partial charge in [0, 0.05) is 30.8 Å². The molecule has 0 saturated heterocycles. The number of carbonyl (C=O) groups is 1. The second-order valence-electron chi connectivity index (χ2n) is 5.65. The molecular weight excluding hydrogens is 358 g/mol. The number of aryl methyl sites for hydroxylation is 1. The van der Waals surface area contributed by atoms with Gasteiger partial charge in [0.2, 0.25) is 5.88 Å². The van der Waals surface area contributed by atoms with Crippen molar-refractivity contribution in [3.8, 4) is 11.6 Å². The molecule has 26 heavy (non-hydrogen) atoms. The molecule has 0 bridgehead atoms. The molecule has 2 rings (SSSR count). The van der Waals surface area contributed by atoms with Gasteiger partial charge in [-0.15, -0.1) is 5.10 Å². The quantitative estimate of drug-likeness (QED) is 0.710. The predicted octanol–water partition coefficient (Wildman–Crippen LogP) is 2.11. The maximum Gasteiger partial charge on any atom is 0.271 e. The second-order valence-corrected chi connectivity index (χ2v) is 6.09. The molecular formula is C18H22ClN3O4. The van der Waals surface area contributed by atoms with Gasteiger partial charge < -0.3 is 14.8 Å². The summed E-state index contributed by atoms with van der Waals surface area (Å²) >= 11 is 6.03. The van der Waals surface area contributed by atoms with Crippen molar-refractivity contribution in [3.05, 3.63) is 51.3 Å². The van der Waals surface area contributed by atoms with E-state index in [0.717, 1.165) is 5.56 Å². The van der Waals surface area contributed by atoms with Gasteiger partial charge in [-0.1, -0.05) is 24.6 Å². The molecule has 1 aromatic heterocycles. The lowest BCUT2D eigenvalue weighted by Gasteiger charge is -2.17. The van der Waals surface area contributed by atoms with Gasteiger partial charge in [0.15, 0.2) is 6.10 Å². The van der Waals surface area contributed by atoms with Gasteiger partial charge in [0.05, 0.1) is 12.3 Å². The number of nitrogens with one attached hydrogen (secondary N) is 1. The summed E-state index contributed by atoms with van der Waals surface area (Å²) in [6.07, 6.45) is -0.263. The highest BCUT2D eigenvalue weighted by atomic mass is 35.5. The molecule has 1 atom stereocenters. The Morgan fingerprint density at radius 3 is 2.81 bits per heavy atom. The van der Waals surface area contributed by atoms with Gasteiger partial charge in [-0.05, 0) is 31.0 Å². The number of rotatable bonds is 8. The van der Waals surface area contributed by atoms with Crippen molar-refractivity contribution in [2.75, 3.05) is 20.3 Å². The maximum absolute atomic E-state index is 12.2. The molecule has 0 radical (unpaired) electrons. The van der Waals surface area contributed by atoms with E-state index >= 15 is 0 Å². The number of carbonyl (C=O) groups excluding carboxylic acids is 1. The van der Waals surface area contributed by atoms with Crippen LogP contribution in [0.4, 0.5) is 0 Å². The van der Waals surface area contributed by atoms with E-state index in [-0.39, 0.29) is 17.3 Å². The average molecular weight is 380 g/mol. The molecule has 0 aliphatic carbocycles. The van der Waals surface area contributed by atoms with Gasteiger partial charge in [-0.2, -0.15) is 4.68 Å². The van der Waals surface area contributed by atoms with Crippen molar-refractivity contribution < 1.29 is 14.3 Å². The molecule has 0 aliphatic rings. The highest BCUT2D eigenvalue weighted by molar-refractivity contribution is 6.30. The molecule has 0 unspecified atom stereocenters. The molecule has 0 fully saturated rings. The fourth-order valence-electron chi connectivity index (χ4n) is 2.30. The molecule has 0 spiro atoms. The SMILES string of the molecule is CC[C@@H](Oc1ccc(=O)n(-c2cc(Cl)ccc2C)n1)C(=O)NCCOC. The van der Waals surface area contributed by atoms with Crippen LogP contribution in [-0.4, -0.2) is 42.1 Å². The smallest absolute Gasteiger partial charge is 0.271 e. The fourth-order valence-corrected chi connectivity index (χ4v) is 2.46. The number of aromatic nitrogens is 2. The topological polar surface area (TPSA) is 82.5 Å². The van der Waals surface area contributed by atoms with E-state index in [4.69, 9.17) is 21.1 Å². The summed E-state index contributed by atoms with van der Waals surface area (Å²) in [6, 6.07) is 7.99. The predicted molar refractivity (Wildman–Crippen MR) is 99.2 cm³/mol. The maximum atomic E-state index is 12.2. The lowest BCUT2D eigenvalue weighted by molar-refractivity contribution is -0.128. The van der Waals surface area contributed by atoms with E-state index in [1.54, 1.807) is 25.3 Å². The minimum Gasteiger partial charge on any atom is -0.463 e. The number of benzene rings is 1. The van der Waals surface area contributed by atoms with E-state index in [0.29, 0.717) is 30.3 Å². The second kappa shape index (κ2) is 9.35. The molecule has 1 aromatic carbocycles. The van der Waals surface area contributed by atoms with Crippen LogP contribution in [-0.2, 0) is 9.53 Å². The number of hydrogen-bond donors (Lipinski definition) is 1. The first-order valence-electron chi connectivity index (χ1n) is 8.26. The first-order chi connectivity index (χ1) is 12.5. The molecule has 7 nitrogen and oxygen atoms in total. The van der Waals surface area contributed by atoms with Crippen molar-refractivity contribution in [1.29, 1.82) is 0 Å². The Labute approximate surface area is 156 Å². The number of methoxy groups -OCH3 is 1. The summed E-state index contributed by atoms with van der Waals surface area (Å²) in [4.78, 5) is 24.4. The zero-order chi connectivity index (χ0) is 19.1. The molecule has 1 heterocycles. The summed E-state index contributed by atoms with van der Waals surface area (Å²) in [6.45, 7) is 4.49. The van der Waals surface area contributed by atoms with E-state index < -0.39 is 6.10 Å². The number of amides is 1. The molecule has 8 heteroatoms. The van der Waals surface area contributed by atoms with E-state index in [1.165, 1.54) is 16.8 Å². The number of halogens is 1. The Bertz CT molecular complexity index is 822. The minimum atomic E-state index is -0.717. The summed E-state index contributed by atoms with van der Waals surface area (Å²) in [7, 11) is 1.56. The van der Waals surface area contributed by atoms with Gasteiger partial charge in [0.25, 0.3) is 11.5 Å². The Hall–Kier alpha value is -2.38. The van der Waals surface area contributed by atoms with Crippen molar-refractivity contribution in [1.82, 2.24) is 15.1 Å². The normalized spacial score (nSPS) is 11.8. The third-order valence-electron chi connectivity index (χ3n) is 3.71. The van der Waals surface area contributed by atoms with Crippen LogP contribution in [0.25, 0.3) is 5.69 Å². The molecule has 1 N–H and O–H groups in total. The van der Waals surface area contributed by atoms with Crippen LogP contribution in [0.1, 0.15) is 18.9 Å². The van der Waals surface area contributed by atoms with Gasteiger partial charge in [0.1, 0.15) is 0 Å². The Balaban J connectivity index is 2.24. The summed E-state index contributed by atoms with van der Waals surface area (Å²) in [5, 5.41) is 7.45. The monoisotopic (exact) mass is 379 g/mol. The zero-order valence-electron chi connectivity index (χ0n) is 15.0. The minimum absolute atomic E-state index is 0.178. The lowest BCUT2D eigenvalue weighted by Crippen LogP contribution is -2.39. The number of hydrogen-bond acceptors (Lipinski definition) is 5. The fraction of sp³-hybridized carbons (Fsp3) is 0.389. The molecule has 140 valence electrons. The van der Waals surface area contributed by atoms with Gasteiger partial charge >= 0.3 is 0 Å². The molecule has 0 aliphatic heterocycles. The van der Waals surface area contributed by atoms with Crippen molar-refractivity contribution in [2.24, 2.45) is 0 Å². The van der Waals surface area contributed by atoms with Crippen LogP contribution in [0.15, 0.2) is 35.1 Å². The van der Waals surface area contributed by atoms with Gasteiger partial charge in [-0.3, -0.25) is 9.59 Å². The summed E-state index contributed by atoms with van der Waals surface area (Å²) in [5.41, 5.74) is 1.08. The standard InChI is InChI=1S/C18H22ClN3O4/c1-4-15(18(24)20-9-10-25-3)26-16-7-8-17(23)22(21-16)14-11-13(19)6-5-12(14)2/h5-8,11,15H,4,9-10H2,1-3H3,(H,20,24)/t15-/m1/s1. The largest absolute Gasteiger partial charge is 0.463 e. The Morgan fingerprint density at radius 2 is 2.12 bits per heavy atom. The Kier molecular flexibility index (Phi) is 7.17. The summed E-state index contributed by atoms with van der Waals surface area (Å²) in [5.74, 6) is -0.0826. The third kappa shape index (κ3) is 5.06. The Morgan fingerprint density at radius 1 is 1.35 bits per heavy atom. The van der Waals surface area contributed by atoms with Crippen molar-refractivity contribution in [3.63, 3.8) is 0 Å². The van der Waals surface area contributed by atoms with Crippen LogP contribution < -0.4 is 15.6 Å². The van der Waals surface area contributed by atoms with Gasteiger partial charge in [-0.25, -0.2) is 0 Å². The molecule has 2 aromatic rings. The average Bonchev–Trinajstić information content (AvgIpc) is 2.63. The first kappa shape index (κ1) is 19.9. The molecule has 0 saturated carbocycles. The van der Waals surface area contributed by atoms with E-state index in [2.05, 4.69) is 10.4 Å². The number of nitrogens with zero attached hydrogens (tertiary/aromatic N) is 2. The number of ether oxygens (including phenoxy) is 2. The highest BCUT2D eigenvalue weighted by Gasteiger charge is 2.19. The summed E-state index contributed by atoms with van der Waals surface area (Å²) < 4.78 is 11.8. The van der Waals surface area contributed by atoms with Crippen molar-refractivity contribution in [2.45, 2.75) is 26.4 Å². The van der Waals surface area contributed by atoms with Crippen LogP contribution >= 0.6 is 11.6 Å². The zero-order valence-corrected chi connectivity index (χ0v) is 15.7. The van der Waals surface area contributed by atoms with E-state index in [9.17, 15) is 9.59 Å². The van der Waals surface area contributed by atoms with Crippen LogP contribution in [0, 0.1) is 6.92 Å². The van der Waals surface area contributed by atoms with Crippen LogP contribution in [0.3, 0.4) is 0 Å². The van der Waals surface area contributed by atoms with Crippen molar-refractivity contribution >= 4 is 17.5 Å².